The minimum atomic E-state index is -4.47. The van der Waals surface area contributed by atoms with Gasteiger partial charge in [-0.05, 0) is 49.0 Å². The molecule has 0 radical (unpaired) electrons. The SMILES string of the molecule is CCc1cccc(OC)c1-c1ccccc1P(c1ccccc1OC)c1ccccc1S(=O)(=O)O. The molecule has 0 fully saturated rings. The summed E-state index contributed by atoms with van der Waals surface area (Å²) in [7, 11) is -2.67. The van der Waals surface area contributed by atoms with Crippen LogP contribution in [0.25, 0.3) is 11.1 Å². The van der Waals surface area contributed by atoms with Crippen LogP contribution in [0.5, 0.6) is 11.5 Å². The number of para-hydroxylation sites is 1. The summed E-state index contributed by atoms with van der Waals surface area (Å²) in [5.74, 6) is 1.39. The molecule has 0 amide bonds. The highest BCUT2D eigenvalue weighted by molar-refractivity contribution is 7.88. The van der Waals surface area contributed by atoms with E-state index in [4.69, 9.17) is 9.47 Å². The zero-order chi connectivity index (χ0) is 25.0. The zero-order valence-electron chi connectivity index (χ0n) is 19.8. The van der Waals surface area contributed by atoms with E-state index in [1.807, 2.05) is 60.7 Å². The topological polar surface area (TPSA) is 72.8 Å². The summed E-state index contributed by atoms with van der Waals surface area (Å²) in [4.78, 5) is -0.109. The van der Waals surface area contributed by atoms with Gasteiger partial charge in [-0.25, -0.2) is 0 Å². The lowest BCUT2D eigenvalue weighted by Crippen LogP contribution is -2.27. The van der Waals surface area contributed by atoms with Crippen molar-refractivity contribution in [3.05, 3.63) is 96.6 Å². The molecule has 4 aromatic rings. The van der Waals surface area contributed by atoms with Crippen molar-refractivity contribution in [3.8, 4) is 22.6 Å². The van der Waals surface area contributed by atoms with Crippen molar-refractivity contribution in [2.24, 2.45) is 0 Å². The number of hydrogen-bond donors (Lipinski definition) is 1. The highest BCUT2D eigenvalue weighted by Gasteiger charge is 2.29. The van der Waals surface area contributed by atoms with E-state index >= 15 is 0 Å². The molecule has 0 aliphatic rings. The molecule has 0 heterocycles. The molecular weight excluding hydrogens is 479 g/mol. The highest BCUT2D eigenvalue weighted by Crippen LogP contribution is 2.43. The maximum Gasteiger partial charge on any atom is 0.295 e. The van der Waals surface area contributed by atoms with Gasteiger partial charge in [-0.2, -0.15) is 8.42 Å². The van der Waals surface area contributed by atoms with Gasteiger partial charge >= 0.3 is 0 Å². The van der Waals surface area contributed by atoms with E-state index in [1.165, 1.54) is 6.07 Å². The van der Waals surface area contributed by atoms with Gasteiger partial charge in [0.05, 0.1) is 14.2 Å². The van der Waals surface area contributed by atoms with Crippen LogP contribution < -0.4 is 25.4 Å². The number of rotatable bonds is 8. The van der Waals surface area contributed by atoms with Crippen LogP contribution in [0.4, 0.5) is 0 Å². The molecule has 1 atom stereocenters. The minimum absolute atomic E-state index is 0.109. The molecule has 0 spiro atoms. The average Bonchev–Trinajstić information content (AvgIpc) is 2.88. The number of aryl methyl sites for hydroxylation is 1. The molecule has 0 aromatic heterocycles. The third-order valence-corrected chi connectivity index (χ3v) is 9.50. The second-order valence-electron chi connectivity index (χ2n) is 7.82. The Morgan fingerprint density at radius 3 is 1.94 bits per heavy atom. The molecule has 0 bridgehead atoms. The van der Waals surface area contributed by atoms with Crippen LogP contribution in [0.3, 0.4) is 0 Å². The molecule has 1 unspecified atom stereocenters. The van der Waals surface area contributed by atoms with Gasteiger partial charge in [0.2, 0.25) is 0 Å². The van der Waals surface area contributed by atoms with E-state index in [9.17, 15) is 13.0 Å². The molecular formula is C28H27O5PS. The molecule has 0 saturated carbocycles. The van der Waals surface area contributed by atoms with Crippen molar-refractivity contribution < 1.29 is 22.4 Å². The maximum atomic E-state index is 12.4. The van der Waals surface area contributed by atoms with E-state index in [0.29, 0.717) is 11.1 Å². The Bertz CT molecular complexity index is 1430. The summed E-state index contributed by atoms with van der Waals surface area (Å²) in [6, 6.07) is 28.2. The van der Waals surface area contributed by atoms with E-state index in [-0.39, 0.29) is 4.90 Å². The Morgan fingerprint density at radius 2 is 1.29 bits per heavy atom. The normalized spacial score (nSPS) is 12.2. The Morgan fingerprint density at radius 1 is 0.714 bits per heavy atom. The third-order valence-electron chi connectivity index (χ3n) is 5.84. The first-order valence-corrected chi connectivity index (χ1v) is 13.9. The van der Waals surface area contributed by atoms with Gasteiger partial charge in [0.25, 0.3) is 10.1 Å². The summed E-state index contributed by atoms with van der Waals surface area (Å²) < 4.78 is 46.5. The van der Waals surface area contributed by atoms with Gasteiger partial charge in [-0.3, -0.25) is 4.55 Å². The van der Waals surface area contributed by atoms with Crippen molar-refractivity contribution in [2.45, 2.75) is 18.2 Å². The van der Waals surface area contributed by atoms with Gasteiger partial charge in [-0.1, -0.05) is 79.7 Å². The van der Waals surface area contributed by atoms with Crippen LogP contribution >= 0.6 is 7.92 Å². The zero-order valence-corrected chi connectivity index (χ0v) is 21.5. The van der Waals surface area contributed by atoms with Crippen LogP contribution in [-0.4, -0.2) is 27.2 Å². The predicted molar refractivity (Wildman–Crippen MR) is 143 cm³/mol. The van der Waals surface area contributed by atoms with Crippen molar-refractivity contribution >= 4 is 34.0 Å². The van der Waals surface area contributed by atoms with Crippen LogP contribution in [-0.2, 0) is 16.5 Å². The van der Waals surface area contributed by atoms with E-state index in [2.05, 4.69) is 13.0 Å². The third kappa shape index (κ3) is 4.96. The van der Waals surface area contributed by atoms with Crippen molar-refractivity contribution in [1.29, 1.82) is 0 Å². The lowest BCUT2D eigenvalue weighted by molar-refractivity contribution is 0.416. The number of methoxy groups -OCH3 is 2. The lowest BCUT2D eigenvalue weighted by Gasteiger charge is -2.26. The fourth-order valence-corrected chi connectivity index (χ4v) is 8.09. The fourth-order valence-electron chi connectivity index (χ4n) is 4.29. The summed E-state index contributed by atoms with van der Waals surface area (Å²) in [6.07, 6.45) is 0.801. The molecule has 7 heteroatoms. The predicted octanol–water partition coefficient (Wildman–Crippen LogP) is 4.94. The Labute approximate surface area is 207 Å². The van der Waals surface area contributed by atoms with E-state index < -0.39 is 18.0 Å². The van der Waals surface area contributed by atoms with Crippen LogP contribution in [0.1, 0.15) is 12.5 Å². The molecule has 4 rings (SSSR count). The summed E-state index contributed by atoms with van der Waals surface area (Å²) in [5.41, 5.74) is 3.04. The monoisotopic (exact) mass is 506 g/mol. The first-order chi connectivity index (χ1) is 16.9. The second-order valence-corrected chi connectivity index (χ2v) is 11.3. The van der Waals surface area contributed by atoms with E-state index in [0.717, 1.165) is 39.5 Å². The molecule has 0 saturated heterocycles. The van der Waals surface area contributed by atoms with Crippen LogP contribution in [0.15, 0.2) is 95.9 Å². The largest absolute Gasteiger partial charge is 0.496 e. The van der Waals surface area contributed by atoms with Crippen molar-refractivity contribution in [3.63, 3.8) is 0 Å². The number of benzene rings is 4. The first kappa shape index (κ1) is 24.9. The smallest absolute Gasteiger partial charge is 0.295 e. The Hall–Kier alpha value is -3.18. The number of ether oxygens (including phenoxy) is 2. The quantitative estimate of drug-likeness (QED) is 0.271. The summed E-state index contributed by atoms with van der Waals surface area (Å²) in [6.45, 7) is 2.09. The summed E-state index contributed by atoms with van der Waals surface area (Å²) >= 11 is 0. The molecule has 1 N–H and O–H groups in total. The molecule has 35 heavy (non-hydrogen) atoms. The Kier molecular flexibility index (Phi) is 7.56. The first-order valence-electron chi connectivity index (χ1n) is 11.2. The fraction of sp³-hybridized carbons (Fsp3) is 0.143. The van der Waals surface area contributed by atoms with E-state index in [1.54, 1.807) is 32.4 Å². The Balaban J connectivity index is 2.12. The standard InChI is InChI=1S/C28H27O5PS/c1-4-20-12-11-15-23(33-3)28(20)21-13-5-7-16-24(21)34(25-17-8-6-14-22(25)32-2)26-18-9-10-19-27(26)35(29,30)31/h5-19H,4H2,1-3H3,(H,29,30,31). The van der Waals surface area contributed by atoms with Crippen molar-refractivity contribution in [1.82, 2.24) is 0 Å². The molecule has 180 valence electrons. The average molecular weight is 507 g/mol. The van der Waals surface area contributed by atoms with Gasteiger partial charge in [0, 0.05) is 16.2 Å². The van der Waals surface area contributed by atoms with Gasteiger partial charge < -0.3 is 9.47 Å². The van der Waals surface area contributed by atoms with Gasteiger partial charge in [0.15, 0.2) is 0 Å². The number of hydrogen-bond acceptors (Lipinski definition) is 4. The summed E-state index contributed by atoms with van der Waals surface area (Å²) in [5, 5.41) is 2.30. The molecule has 5 nitrogen and oxygen atoms in total. The van der Waals surface area contributed by atoms with Crippen LogP contribution in [0.2, 0.25) is 0 Å². The molecule has 4 aromatic carbocycles. The highest BCUT2D eigenvalue weighted by atomic mass is 32.2. The maximum absolute atomic E-state index is 12.4. The lowest BCUT2D eigenvalue weighted by atomic mass is 9.97. The molecule has 0 aliphatic heterocycles. The molecule has 0 aliphatic carbocycles. The minimum Gasteiger partial charge on any atom is -0.496 e. The van der Waals surface area contributed by atoms with Gasteiger partial charge in [0.1, 0.15) is 16.4 Å². The van der Waals surface area contributed by atoms with Gasteiger partial charge in [-0.15, -0.1) is 0 Å². The van der Waals surface area contributed by atoms with Crippen molar-refractivity contribution in [2.75, 3.05) is 14.2 Å². The second kappa shape index (κ2) is 10.6. The van der Waals surface area contributed by atoms with Crippen LogP contribution in [0, 0.1) is 0 Å².